The Morgan fingerprint density at radius 1 is 1.21 bits per heavy atom. The SMILES string of the molecule is OCCc1ncc(C2C=CCCC2)c2ccccc12. The highest BCUT2D eigenvalue weighted by Gasteiger charge is 2.15. The third-order valence-electron chi connectivity index (χ3n) is 3.91. The molecule has 1 aliphatic carbocycles. The van der Waals surface area contributed by atoms with E-state index >= 15 is 0 Å². The van der Waals surface area contributed by atoms with Crippen LogP contribution in [0.1, 0.15) is 36.4 Å². The Morgan fingerprint density at radius 3 is 2.79 bits per heavy atom. The molecule has 1 aromatic carbocycles. The van der Waals surface area contributed by atoms with Gasteiger partial charge in [0.25, 0.3) is 0 Å². The number of aliphatic hydroxyl groups is 1. The molecule has 0 spiro atoms. The summed E-state index contributed by atoms with van der Waals surface area (Å²) >= 11 is 0. The molecular formula is C17H19NO. The zero-order chi connectivity index (χ0) is 13.1. The van der Waals surface area contributed by atoms with Crippen molar-refractivity contribution in [3.63, 3.8) is 0 Å². The van der Waals surface area contributed by atoms with Gasteiger partial charge in [-0.15, -0.1) is 0 Å². The van der Waals surface area contributed by atoms with Gasteiger partial charge in [-0.25, -0.2) is 0 Å². The average molecular weight is 253 g/mol. The molecule has 2 heteroatoms. The monoisotopic (exact) mass is 253 g/mol. The van der Waals surface area contributed by atoms with Gasteiger partial charge in [0.1, 0.15) is 0 Å². The quantitative estimate of drug-likeness (QED) is 0.848. The van der Waals surface area contributed by atoms with E-state index in [-0.39, 0.29) is 6.61 Å². The van der Waals surface area contributed by atoms with Crippen LogP contribution in [0.4, 0.5) is 0 Å². The topological polar surface area (TPSA) is 33.1 Å². The van der Waals surface area contributed by atoms with Crippen molar-refractivity contribution < 1.29 is 5.11 Å². The van der Waals surface area contributed by atoms with Gasteiger partial charge in [-0.3, -0.25) is 4.98 Å². The molecule has 19 heavy (non-hydrogen) atoms. The van der Waals surface area contributed by atoms with Crippen LogP contribution in [0.25, 0.3) is 10.8 Å². The number of aliphatic hydroxyl groups excluding tert-OH is 1. The highest BCUT2D eigenvalue weighted by atomic mass is 16.3. The Kier molecular flexibility index (Phi) is 3.60. The summed E-state index contributed by atoms with van der Waals surface area (Å²) in [6.07, 6.45) is 10.9. The Balaban J connectivity index is 2.13. The van der Waals surface area contributed by atoms with Crippen molar-refractivity contribution in [2.45, 2.75) is 31.6 Å². The third-order valence-corrected chi connectivity index (χ3v) is 3.91. The summed E-state index contributed by atoms with van der Waals surface area (Å²) in [5, 5.41) is 11.6. The number of nitrogens with zero attached hydrogens (tertiary/aromatic N) is 1. The fraction of sp³-hybridized carbons (Fsp3) is 0.353. The first kappa shape index (κ1) is 12.4. The van der Waals surface area contributed by atoms with E-state index in [0.717, 1.165) is 5.69 Å². The number of rotatable bonds is 3. The van der Waals surface area contributed by atoms with Gasteiger partial charge in [0.15, 0.2) is 0 Å². The van der Waals surface area contributed by atoms with Crippen molar-refractivity contribution in [3.05, 3.63) is 53.9 Å². The molecule has 0 saturated heterocycles. The minimum absolute atomic E-state index is 0.152. The van der Waals surface area contributed by atoms with Gasteiger partial charge in [0.05, 0.1) is 5.69 Å². The maximum Gasteiger partial charge on any atom is 0.0504 e. The molecule has 2 aromatic rings. The highest BCUT2D eigenvalue weighted by molar-refractivity contribution is 5.88. The number of aromatic nitrogens is 1. The molecule has 0 fully saturated rings. The summed E-state index contributed by atoms with van der Waals surface area (Å²) in [5.74, 6) is 0.495. The molecule has 1 N–H and O–H groups in total. The first-order valence-corrected chi connectivity index (χ1v) is 7.04. The lowest BCUT2D eigenvalue weighted by atomic mass is 9.87. The van der Waals surface area contributed by atoms with Crippen LogP contribution in [-0.2, 0) is 6.42 Å². The molecule has 1 aromatic heterocycles. The standard InChI is InChI=1S/C17H19NO/c19-11-10-17-15-9-5-4-8-14(15)16(12-18-17)13-6-2-1-3-7-13/h2,4-6,8-9,12-13,19H,1,3,7,10-11H2. The Hall–Kier alpha value is -1.67. The molecule has 0 amide bonds. The Bertz CT molecular complexity index is 603. The largest absolute Gasteiger partial charge is 0.396 e. The van der Waals surface area contributed by atoms with Crippen LogP contribution in [0.5, 0.6) is 0 Å². The minimum Gasteiger partial charge on any atom is -0.396 e. The van der Waals surface area contributed by atoms with Crippen molar-refractivity contribution in [1.29, 1.82) is 0 Å². The normalized spacial score (nSPS) is 18.9. The lowest BCUT2D eigenvalue weighted by molar-refractivity contribution is 0.298. The highest BCUT2D eigenvalue weighted by Crippen LogP contribution is 2.33. The number of allylic oxidation sites excluding steroid dienone is 2. The summed E-state index contributed by atoms with van der Waals surface area (Å²) in [7, 11) is 0. The second-order valence-electron chi connectivity index (χ2n) is 5.14. The summed E-state index contributed by atoms with van der Waals surface area (Å²) in [6.45, 7) is 0.152. The predicted octanol–water partition coefficient (Wildman–Crippen LogP) is 3.59. The fourth-order valence-electron chi connectivity index (χ4n) is 2.95. The average Bonchev–Trinajstić information content (AvgIpc) is 2.49. The van der Waals surface area contributed by atoms with E-state index in [9.17, 15) is 0 Å². The predicted molar refractivity (Wildman–Crippen MR) is 78.3 cm³/mol. The van der Waals surface area contributed by atoms with E-state index in [4.69, 9.17) is 5.11 Å². The molecular weight excluding hydrogens is 234 g/mol. The maximum atomic E-state index is 9.15. The third kappa shape index (κ3) is 2.41. The van der Waals surface area contributed by atoms with Gasteiger partial charge < -0.3 is 5.11 Å². The molecule has 1 heterocycles. The number of pyridine rings is 1. The van der Waals surface area contributed by atoms with Gasteiger partial charge >= 0.3 is 0 Å². The number of benzene rings is 1. The van der Waals surface area contributed by atoms with Gasteiger partial charge in [-0.05, 0) is 30.2 Å². The molecule has 1 atom stereocenters. The second-order valence-corrected chi connectivity index (χ2v) is 5.14. The van der Waals surface area contributed by atoms with Crippen LogP contribution in [0.3, 0.4) is 0 Å². The van der Waals surface area contributed by atoms with E-state index < -0.39 is 0 Å². The first-order valence-electron chi connectivity index (χ1n) is 7.04. The van der Waals surface area contributed by atoms with Crippen molar-refractivity contribution in [2.24, 2.45) is 0 Å². The summed E-state index contributed by atoms with van der Waals surface area (Å²) in [4.78, 5) is 4.58. The lowest BCUT2D eigenvalue weighted by Gasteiger charge is -2.19. The van der Waals surface area contributed by atoms with Crippen molar-refractivity contribution in [1.82, 2.24) is 4.98 Å². The van der Waals surface area contributed by atoms with E-state index in [1.807, 2.05) is 12.3 Å². The minimum atomic E-state index is 0.152. The number of hydrogen-bond donors (Lipinski definition) is 1. The molecule has 0 aliphatic heterocycles. The Morgan fingerprint density at radius 2 is 2.05 bits per heavy atom. The first-order chi connectivity index (χ1) is 9.40. The number of hydrogen-bond acceptors (Lipinski definition) is 2. The van der Waals surface area contributed by atoms with Crippen LogP contribution in [0.2, 0.25) is 0 Å². The number of fused-ring (bicyclic) bond motifs is 1. The molecule has 1 aliphatic rings. The van der Waals surface area contributed by atoms with Crippen LogP contribution in [0.15, 0.2) is 42.6 Å². The molecule has 98 valence electrons. The van der Waals surface area contributed by atoms with Crippen LogP contribution >= 0.6 is 0 Å². The second kappa shape index (κ2) is 5.54. The van der Waals surface area contributed by atoms with E-state index in [1.54, 1.807) is 0 Å². The summed E-state index contributed by atoms with van der Waals surface area (Å²) in [5.41, 5.74) is 2.33. The van der Waals surface area contributed by atoms with E-state index in [0.29, 0.717) is 12.3 Å². The Labute approximate surface area is 113 Å². The summed E-state index contributed by atoms with van der Waals surface area (Å²) in [6, 6.07) is 8.42. The smallest absolute Gasteiger partial charge is 0.0504 e. The maximum absolute atomic E-state index is 9.15. The van der Waals surface area contributed by atoms with Gasteiger partial charge in [0, 0.05) is 30.5 Å². The zero-order valence-corrected chi connectivity index (χ0v) is 11.0. The molecule has 0 bridgehead atoms. The fourth-order valence-corrected chi connectivity index (χ4v) is 2.95. The van der Waals surface area contributed by atoms with Gasteiger partial charge in [-0.1, -0.05) is 36.4 Å². The van der Waals surface area contributed by atoms with Crippen LogP contribution < -0.4 is 0 Å². The zero-order valence-electron chi connectivity index (χ0n) is 11.0. The summed E-state index contributed by atoms with van der Waals surface area (Å²) < 4.78 is 0. The van der Waals surface area contributed by atoms with E-state index in [2.05, 4.69) is 35.3 Å². The molecule has 1 unspecified atom stereocenters. The lowest BCUT2D eigenvalue weighted by Crippen LogP contribution is -2.04. The van der Waals surface area contributed by atoms with E-state index in [1.165, 1.54) is 35.6 Å². The molecule has 3 rings (SSSR count). The molecule has 0 radical (unpaired) electrons. The van der Waals surface area contributed by atoms with Gasteiger partial charge in [0.2, 0.25) is 0 Å². The van der Waals surface area contributed by atoms with Gasteiger partial charge in [-0.2, -0.15) is 0 Å². The van der Waals surface area contributed by atoms with Crippen molar-refractivity contribution in [3.8, 4) is 0 Å². The van der Waals surface area contributed by atoms with Crippen molar-refractivity contribution in [2.75, 3.05) is 6.61 Å². The molecule has 2 nitrogen and oxygen atoms in total. The van der Waals surface area contributed by atoms with Crippen LogP contribution in [0, 0.1) is 0 Å². The van der Waals surface area contributed by atoms with Crippen molar-refractivity contribution >= 4 is 10.8 Å². The molecule has 0 saturated carbocycles. The van der Waals surface area contributed by atoms with Crippen LogP contribution in [-0.4, -0.2) is 16.7 Å².